The maximum absolute atomic E-state index is 12.1. The maximum Gasteiger partial charge on any atom is 0.279 e. The van der Waals surface area contributed by atoms with Crippen LogP contribution in [0.1, 0.15) is 31.5 Å². The first kappa shape index (κ1) is 17.1. The molecule has 0 saturated heterocycles. The van der Waals surface area contributed by atoms with Gasteiger partial charge in [0.1, 0.15) is 11.6 Å². The summed E-state index contributed by atoms with van der Waals surface area (Å²) in [6.07, 6.45) is 3.23. The Morgan fingerprint density at radius 1 is 1.15 bits per heavy atom. The molecule has 2 aromatic heterocycles. The number of aromatic nitrogens is 1. The second-order valence-electron chi connectivity index (χ2n) is 5.98. The van der Waals surface area contributed by atoms with E-state index in [-0.39, 0.29) is 19.1 Å². The first-order valence-electron chi connectivity index (χ1n) is 8.32. The number of carbonyl (C=O) groups is 2. The molecule has 0 bridgehead atoms. The van der Waals surface area contributed by atoms with Crippen molar-refractivity contribution in [1.29, 1.82) is 0 Å². The summed E-state index contributed by atoms with van der Waals surface area (Å²) >= 11 is 3.04. The minimum atomic E-state index is -0.399. The van der Waals surface area contributed by atoms with Crippen molar-refractivity contribution in [3.63, 3.8) is 0 Å². The van der Waals surface area contributed by atoms with E-state index in [0.29, 0.717) is 4.88 Å². The quantitative estimate of drug-likeness (QED) is 0.660. The van der Waals surface area contributed by atoms with Crippen molar-refractivity contribution in [3.05, 3.63) is 50.7 Å². The molecule has 2 amide bonds. The number of para-hydroxylation sites is 1. The van der Waals surface area contributed by atoms with Gasteiger partial charge in [-0.1, -0.05) is 12.1 Å². The molecule has 0 spiro atoms. The Morgan fingerprint density at radius 3 is 2.88 bits per heavy atom. The minimum Gasteiger partial charge on any atom is -0.364 e. The normalized spacial score (nSPS) is 12.9. The van der Waals surface area contributed by atoms with Crippen molar-refractivity contribution >= 4 is 44.7 Å². The van der Waals surface area contributed by atoms with Crippen molar-refractivity contribution in [2.24, 2.45) is 0 Å². The van der Waals surface area contributed by atoms with Gasteiger partial charge in [0.25, 0.3) is 11.8 Å². The number of thiazole rings is 1. The Labute approximate surface area is 158 Å². The van der Waals surface area contributed by atoms with E-state index in [1.54, 1.807) is 0 Å². The monoisotopic (exact) mass is 387 g/mol. The molecule has 3 aromatic rings. The smallest absolute Gasteiger partial charge is 0.279 e. The van der Waals surface area contributed by atoms with Crippen LogP contribution in [-0.4, -0.2) is 23.4 Å². The number of nitrogens with zero attached hydrogens (tertiary/aromatic N) is 1. The van der Waals surface area contributed by atoms with Gasteiger partial charge in [0, 0.05) is 4.88 Å². The van der Waals surface area contributed by atoms with Crippen LogP contribution in [0, 0.1) is 0 Å². The number of nitrogens with one attached hydrogen (secondary N) is 2. The van der Waals surface area contributed by atoms with Crippen molar-refractivity contribution in [1.82, 2.24) is 15.8 Å². The molecule has 26 heavy (non-hydrogen) atoms. The molecule has 1 aliphatic rings. The zero-order chi connectivity index (χ0) is 17.9. The lowest BCUT2D eigenvalue weighted by molar-refractivity contribution is -0.126. The van der Waals surface area contributed by atoms with Gasteiger partial charge >= 0.3 is 0 Å². The summed E-state index contributed by atoms with van der Waals surface area (Å²) in [5, 5.41) is 0.816. The lowest BCUT2D eigenvalue weighted by Gasteiger charge is -2.06. The molecule has 134 valence electrons. The van der Waals surface area contributed by atoms with Crippen LogP contribution < -0.4 is 10.9 Å². The van der Waals surface area contributed by atoms with Crippen LogP contribution in [-0.2, 0) is 29.0 Å². The summed E-state index contributed by atoms with van der Waals surface area (Å²) < 4.78 is 6.47. The lowest BCUT2D eigenvalue weighted by Crippen LogP contribution is -2.43. The van der Waals surface area contributed by atoms with Gasteiger partial charge in [-0.05, 0) is 43.0 Å². The first-order valence-corrected chi connectivity index (χ1v) is 9.95. The molecule has 0 saturated carbocycles. The fourth-order valence-corrected chi connectivity index (χ4v) is 4.93. The Balaban J connectivity index is 1.21. The highest BCUT2D eigenvalue weighted by molar-refractivity contribution is 7.18. The lowest BCUT2D eigenvalue weighted by atomic mass is 10.2. The highest BCUT2D eigenvalue weighted by Gasteiger charge is 2.18. The summed E-state index contributed by atoms with van der Waals surface area (Å²) in [4.78, 5) is 30.3. The van der Waals surface area contributed by atoms with Gasteiger partial charge in [0.05, 0.1) is 21.7 Å². The Kier molecular flexibility index (Phi) is 4.96. The van der Waals surface area contributed by atoms with E-state index in [9.17, 15) is 9.59 Å². The minimum absolute atomic E-state index is 0.142. The number of carbonyl (C=O) groups excluding carboxylic acids is 2. The second-order valence-corrected chi connectivity index (χ2v) is 8.23. The number of hydrogen-bond acceptors (Lipinski definition) is 6. The van der Waals surface area contributed by atoms with Crippen LogP contribution in [0.15, 0.2) is 30.3 Å². The molecule has 2 N–H and O–H groups in total. The number of ether oxygens (including phenoxy) is 1. The Morgan fingerprint density at radius 2 is 2.04 bits per heavy atom. The number of amides is 2. The van der Waals surface area contributed by atoms with Crippen molar-refractivity contribution in [2.45, 2.75) is 25.9 Å². The predicted molar refractivity (Wildman–Crippen MR) is 101 cm³/mol. The third-order valence-electron chi connectivity index (χ3n) is 4.08. The largest absolute Gasteiger partial charge is 0.364 e. The summed E-state index contributed by atoms with van der Waals surface area (Å²) in [5.74, 6) is -0.688. The van der Waals surface area contributed by atoms with Crippen LogP contribution in [0.2, 0.25) is 0 Å². The fraction of sp³-hybridized carbons (Fsp3) is 0.278. The van der Waals surface area contributed by atoms with Gasteiger partial charge in [-0.3, -0.25) is 20.4 Å². The van der Waals surface area contributed by atoms with Gasteiger partial charge in [-0.2, -0.15) is 0 Å². The van der Waals surface area contributed by atoms with Crippen LogP contribution in [0.5, 0.6) is 0 Å². The van der Waals surface area contributed by atoms with Gasteiger partial charge < -0.3 is 4.74 Å². The fourth-order valence-electron chi connectivity index (χ4n) is 2.88. The molecule has 0 fully saturated rings. The van der Waals surface area contributed by atoms with E-state index in [1.165, 1.54) is 33.1 Å². The molecular weight excluding hydrogens is 370 g/mol. The average Bonchev–Trinajstić information content (AvgIpc) is 3.33. The van der Waals surface area contributed by atoms with Gasteiger partial charge in [0.15, 0.2) is 0 Å². The van der Waals surface area contributed by atoms with E-state index in [4.69, 9.17) is 4.74 Å². The number of hydrazine groups is 1. The summed E-state index contributed by atoms with van der Waals surface area (Å²) in [5.41, 5.74) is 7.00. The van der Waals surface area contributed by atoms with Gasteiger partial charge in [-0.15, -0.1) is 22.7 Å². The standard InChI is InChI=1S/C18H17N3O3S2/c22-16(9-24-10-17-19-12-5-1-2-6-14(12)26-17)20-21-18(23)15-8-11-4-3-7-13(11)25-15/h1-2,5-6,8H,3-4,7,9-10H2,(H,20,22)(H,21,23). The maximum atomic E-state index is 12.1. The Hall–Kier alpha value is -2.29. The molecule has 0 aliphatic heterocycles. The molecule has 2 heterocycles. The van der Waals surface area contributed by atoms with Crippen molar-refractivity contribution in [2.75, 3.05) is 6.61 Å². The molecule has 1 aliphatic carbocycles. The highest BCUT2D eigenvalue weighted by atomic mass is 32.1. The zero-order valence-electron chi connectivity index (χ0n) is 13.9. The number of hydrogen-bond donors (Lipinski definition) is 2. The van der Waals surface area contributed by atoms with Crippen LogP contribution in [0.25, 0.3) is 10.2 Å². The topological polar surface area (TPSA) is 80.3 Å². The van der Waals surface area contributed by atoms with E-state index in [2.05, 4.69) is 15.8 Å². The Bertz CT molecular complexity index is 909. The van der Waals surface area contributed by atoms with Crippen LogP contribution >= 0.6 is 22.7 Å². The van der Waals surface area contributed by atoms with E-state index in [1.807, 2.05) is 30.3 Å². The van der Waals surface area contributed by atoms with Crippen LogP contribution in [0.4, 0.5) is 0 Å². The molecule has 0 atom stereocenters. The molecule has 1 aromatic carbocycles. The second kappa shape index (κ2) is 7.53. The molecule has 4 rings (SSSR count). The molecular formula is C18H17N3O3S2. The summed E-state index contributed by atoms with van der Waals surface area (Å²) in [6, 6.07) is 9.75. The third-order valence-corrected chi connectivity index (χ3v) is 6.33. The summed E-state index contributed by atoms with van der Waals surface area (Å²) in [7, 11) is 0. The van der Waals surface area contributed by atoms with E-state index < -0.39 is 5.91 Å². The molecule has 0 radical (unpaired) electrons. The van der Waals surface area contributed by atoms with Gasteiger partial charge in [0.2, 0.25) is 0 Å². The first-order chi connectivity index (χ1) is 12.7. The van der Waals surface area contributed by atoms with Crippen molar-refractivity contribution < 1.29 is 14.3 Å². The average molecular weight is 387 g/mol. The summed E-state index contributed by atoms with van der Waals surface area (Å²) in [6.45, 7) is 0.121. The number of benzene rings is 1. The number of rotatable bonds is 5. The van der Waals surface area contributed by atoms with Crippen molar-refractivity contribution in [3.8, 4) is 0 Å². The number of fused-ring (bicyclic) bond motifs is 2. The molecule has 8 heteroatoms. The van der Waals surface area contributed by atoms with Crippen LogP contribution in [0.3, 0.4) is 0 Å². The predicted octanol–water partition coefficient (Wildman–Crippen LogP) is 2.82. The number of aryl methyl sites for hydroxylation is 2. The molecule has 0 unspecified atom stereocenters. The molecule has 6 nitrogen and oxygen atoms in total. The van der Waals surface area contributed by atoms with E-state index >= 15 is 0 Å². The zero-order valence-corrected chi connectivity index (χ0v) is 15.5. The number of thiophene rings is 1. The van der Waals surface area contributed by atoms with E-state index in [0.717, 1.165) is 34.5 Å². The SMILES string of the molecule is O=C(COCc1nc2ccccc2s1)NNC(=O)c1cc2c(s1)CCC2. The third kappa shape index (κ3) is 3.77. The van der Waals surface area contributed by atoms with Gasteiger partial charge in [-0.25, -0.2) is 4.98 Å². The highest BCUT2D eigenvalue weighted by Crippen LogP contribution is 2.30.